The van der Waals surface area contributed by atoms with Crippen LogP contribution in [0.25, 0.3) is 0 Å². The van der Waals surface area contributed by atoms with Crippen molar-refractivity contribution in [1.29, 1.82) is 0 Å². The molecule has 0 atom stereocenters. The van der Waals surface area contributed by atoms with Crippen LogP contribution in [0.3, 0.4) is 0 Å². The number of aromatic carboxylic acids is 1. The molecule has 0 unspecified atom stereocenters. The van der Waals surface area contributed by atoms with Crippen molar-refractivity contribution in [2.45, 2.75) is 25.8 Å². The molecule has 0 fully saturated rings. The summed E-state index contributed by atoms with van der Waals surface area (Å²) in [5, 5.41) is 11.9. The monoisotopic (exact) mass is 333 g/mol. The lowest BCUT2D eigenvalue weighted by Crippen LogP contribution is -2.44. The predicted molar refractivity (Wildman–Crippen MR) is 89.5 cm³/mol. The number of carboxylic acids is 1. The number of amides is 1. The van der Waals surface area contributed by atoms with E-state index in [1.165, 1.54) is 12.1 Å². The lowest BCUT2D eigenvalue weighted by molar-refractivity contribution is 0.0702. The first kappa shape index (κ1) is 17.0. The fourth-order valence-electron chi connectivity index (χ4n) is 2.24. The summed E-state index contributed by atoms with van der Waals surface area (Å²) in [5.41, 5.74) is 0.618. The van der Waals surface area contributed by atoms with E-state index in [9.17, 15) is 9.59 Å². The van der Waals surface area contributed by atoms with Gasteiger partial charge in [0.1, 0.15) is 10.6 Å². The molecular formula is C17H19NO4S. The Morgan fingerprint density at radius 2 is 1.74 bits per heavy atom. The highest BCUT2D eigenvalue weighted by molar-refractivity contribution is 7.15. The van der Waals surface area contributed by atoms with Crippen LogP contribution < -0.4 is 10.1 Å². The molecule has 0 spiro atoms. The van der Waals surface area contributed by atoms with Gasteiger partial charge in [-0.3, -0.25) is 4.79 Å². The van der Waals surface area contributed by atoms with E-state index in [0.29, 0.717) is 11.3 Å². The normalized spacial score (nSPS) is 11.1. The molecule has 1 aromatic heterocycles. The van der Waals surface area contributed by atoms with Crippen LogP contribution in [0.2, 0.25) is 0 Å². The number of hydrogen-bond acceptors (Lipinski definition) is 4. The number of ether oxygens (including phenoxy) is 1. The zero-order valence-corrected chi connectivity index (χ0v) is 14.1. The number of methoxy groups -OCH3 is 1. The van der Waals surface area contributed by atoms with Crippen molar-refractivity contribution in [3.05, 3.63) is 51.7 Å². The van der Waals surface area contributed by atoms with Gasteiger partial charge in [-0.15, -0.1) is 11.3 Å². The molecule has 1 amide bonds. The summed E-state index contributed by atoms with van der Waals surface area (Å²) in [6, 6.07) is 10.7. The van der Waals surface area contributed by atoms with E-state index < -0.39 is 11.5 Å². The summed E-state index contributed by atoms with van der Waals surface area (Å²) < 4.78 is 5.13. The van der Waals surface area contributed by atoms with E-state index in [-0.39, 0.29) is 10.8 Å². The van der Waals surface area contributed by atoms with Gasteiger partial charge in [0.2, 0.25) is 0 Å². The minimum Gasteiger partial charge on any atom is -0.497 e. The third-order valence-electron chi connectivity index (χ3n) is 3.30. The topological polar surface area (TPSA) is 75.6 Å². The Kier molecular flexibility index (Phi) is 5.05. The van der Waals surface area contributed by atoms with Gasteiger partial charge in [0.25, 0.3) is 5.91 Å². The molecule has 0 aliphatic rings. The summed E-state index contributed by atoms with van der Waals surface area (Å²) in [6.45, 7) is 3.86. The molecule has 2 rings (SSSR count). The van der Waals surface area contributed by atoms with Crippen LogP contribution in [0.15, 0.2) is 36.4 Å². The van der Waals surface area contributed by atoms with Gasteiger partial charge in [-0.05, 0) is 50.1 Å². The van der Waals surface area contributed by atoms with Gasteiger partial charge in [0, 0.05) is 5.54 Å². The number of carbonyl (C=O) groups excluding carboxylic acids is 1. The fourth-order valence-corrected chi connectivity index (χ4v) is 2.98. The Morgan fingerprint density at radius 3 is 2.26 bits per heavy atom. The van der Waals surface area contributed by atoms with Crippen molar-refractivity contribution in [1.82, 2.24) is 5.32 Å². The van der Waals surface area contributed by atoms with Gasteiger partial charge in [-0.25, -0.2) is 4.79 Å². The van der Waals surface area contributed by atoms with Crippen LogP contribution in [0.5, 0.6) is 5.75 Å². The Labute approximate surface area is 138 Å². The molecule has 0 aliphatic heterocycles. The molecule has 0 radical (unpaired) electrons. The standard InChI is InChI=1S/C17H19NO4S/c1-17(2,10-11-4-6-12(22-3)7-5-11)18-15(19)13-8-9-14(23-13)16(20)21/h4-9H,10H2,1-3H3,(H,18,19)(H,20,21). The molecule has 0 saturated carbocycles. The molecular weight excluding hydrogens is 314 g/mol. The number of rotatable bonds is 6. The van der Waals surface area contributed by atoms with Crippen molar-refractivity contribution in [2.75, 3.05) is 7.11 Å². The first-order valence-corrected chi connectivity index (χ1v) is 7.91. The summed E-state index contributed by atoms with van der Waals surface area (Å²) in [6.07, 6.45) is 0.653. The van der Waals surface area contributed by atoms with Crippen molar-refractivity contribution in [3.8, 4) is 5.75 Å². The molecule has 5 nitrogen and oxygen atoms in total. The largest absolute Gasteiger partial charge is 0.497 e. The van der Waals surface area contributed by atoms with Gasteiger partial charge in [0.15, 0.2) is 0 Å². The highest BCUT2D eigenvalue weighted by Crippen LogP contribution is 2.20. The van der Waals surface area contributed by atoms with Crippen molar-refractivity contribution in [3.63, 3.8) is 0 Å². The molecule has 6 heteroatoms. The number of thiophene rings is 1. The van der Waals surface area contributed by atoms with Gasteiger partial charge in [-0.1, -0.05) is 12.1 Å². The van der Waals surface area contributed by atoms with Gasteiger partial charge in [0.05, 0.1) is 12.0 Å². The molecule has 0 saturated heterocycles. The highest BCUT2D eigenvalue weighted by Gasteiger charge is 2.23. The lowest BCUT2D eigenvalue weighted by Gasteiger charge is -2.26. The second kappa shape index (κ2) is 6.83. The minimum absolute atomic E-state index is 0.156. The van der Waals surface area contributed by atoms with Gasteiger partial charge in [-0.2, -0.15) is 0 Å². The average Bonchev–Trinajstić information content (AvgIpc) is 2.97. The number of hydrogen-bond donors (Lipinski definition) is 2. The predicted octanol–water partition coefficient (Wildman–Crippen LogP) is 3.21. The minimum atomic E-state index is -1.02. The van der Waals surface area contributed by atoms with E-state index in [4.69, 9.17) is 9.84 Å². The summed E-state index contributed by atoms with van der Waals surface area (Å²) >= 11 is 0.973. The Hall–Kier alpha value is -2.34. The first-order valence-electron chi connectivity index (χ1n) is 7.09. The molecule has 23 heavy (non-hydrogen) atoms. The molecule has 2 aromatic rings. The molecule has 0 bridgehead atoms. The molecule has 1 heterocycles. The maximum absolute atomic E-state index is 12.3. The Morgan fingerprint density at radius 1 is 1.13 bits per heavy atom. The van der Waals surface area contributed by atoms with Gasteiger partial charge < -0.3 is 15.2 Å². The van der Waals surface area contributed by atoms with E-state index in [2.05, 4.69) is 5.32 Å². The van der Waals surface area contributed by atoms with Crippen LogP contribution in [0.4, 0.5) is 0 Å². The maximum Gasteiger partial charge on any atom is 0.345 e. The van der Waals surface area contributed by atoms with E-state index in [0.717, 1.165) is 22.6 Å². The summed E-state index contributed by atoms with van der Waals surface area (Å²) in [4.78, 5) is 23.7. The van der Waals surface area contributed by atoms with Gasteiger partial charge >= 0.3 is 5.97 Å². The Balaban J connectivity index is 2.03. The zero-order valence-electron chi connectivity index (χ0n) is 13.3. The third-order valence-corrected chi connectivity index (χ3v) is 4.37. The molecule has 122 valence electrons. The Bertz CT molecular complexity index is 704. The summed E-state index contributed by atoms with van der Waals surface area (Å²) in [5.74, 6) is -0.497. The number of benzene rings is 1. The highest BCUT2D eigenvalue weighted by atomic mass is 32.1. The van der Waals surface area contributed by atoms with Crippen LogP contribution in [0.1, 0.15) is 38.8 Å². The average molecular weight is 333 g/mol. The van der Waals surface area contributed by atoms with E-state index >= 15 is 0 Å². The van der Waals surface area contributed by atoms with Crippen LogP contribution >= 0.6 is 11.3 Å². The SMILES string of the molecule is COc1ccc(CC(C)(C)NC(=O)c2ccc(C(=O)O)s2)cc1. The fraction of sp³-hybridized carbons (Fsp3) is 0.294. The van der Waals surface area contributed by atoms with Crippen LogP contribution in [0, 0.1) is 0 Å². The zero-order chi connectivity index (χ0) is 17.0. The second-order valence-corrected chi connectivity index (χ2v) is 6.92. The van der Waals surface area contributed by atoms with E-state index in [1.54, 1.807) is 7.11 Å². The number of carbonyl (C=O) groups is 2. The van der Waals surface area contributed by atoms with Crippen molar-refractivity contribution >= 4 is 23.2 Å². The quantitative estimate of drug-likeness (QED) is 0.851. The van der Waals surface area contributed by atoms with Crippen molar-refractivity contribution in [2.24, 2.45) is 0 Å². The lowest BCUT2D eigenvalue weighted by atomic mass is 9.94. The maximum atomic E-state index is 12.3. The van der Waals surface area contributed by atoms with E-state index in [1.807, 2.05) is 38.1 Å². The van der Waals surface area contributed by atoms with Crippen LogP contribution in [-0.4, -0.2) is 29.6 Å². The first-order chi connectivity index (χ1) is 10.8. The summed E-state index contributed by atoms with van der Waals surface area (Å²) in [7, 11) is 1.62. The molecule has 0 aliphatic carbocycles. The molecule has 2 N–H and O–H groups in total. The number of carboxylic acid groups (broad SMARTS) is 1. The van der Waals surface area contributed by atoms with Crippen molar-refractivity contribution < 1.29 is 19.4 Å². The third kappa shape index (κ3) is 4.56. The number of nitrogens with one attached hydrogen (secondary N) is 1. The van der Waals surface area contributed by atoms with Crippen LogP contribution in [-0.2, 0) is 6.42 Å². The molecule has 1 aromatic carbocycles. The smallest absolute Gasteiger partial charge is 0.345 e. The second-order valence-electron chi connectivity index (χ2n) is 5.83.